The van der Waals surface area contributed by atoms with Crippen LogP contribution in [0.4, 0.5) is 10.5 Å². The number of nitrogens with one attached hydrogen (secondary N) is 1. The molecule has 4 rings (SSSR count). The first kappa shape index (κ1) is 20.3. The fraction of sp³-hybridized carbons (Fsp3) is 0.417. The highest BCUT2D eigenvalue weighted by Crippen LogP contribution is 2.32. The minimum atomic E-state index is -0.165. The van der Waals surface area contributed by atoms with Gasteiger partial charge in [0.1, 0.15) is 12.4 Å². The smallest absolute Gasteiger partial charge is 0.324 e. The summed E-state index contributed by atoms with van der Waals surface area (Å²) in [5.41, 5.74) is 2.02. The van der Waals surface area contributed by atoms with Crippen molar-refractivity contribution in [1.82, 2.24) is 10.2 Å². The Morgan fingerprint density at radius 3 is 2.70 bits per heavy atom. The van der Waals surface area contributed by atoms with Gasteiger partial charge in [-0.15, -0.1) is 0 Å². The van der Waals surface area contributed by atoms with E-state index in [2.05, 4.69) is 24.4 Å². The zero-order valence-corrected chi connectivity index (χ0v) is 17.4. The maximum Gasteiger partial charge on any atom is 0.324 e. The van der Waals surface area contributed by atoms with Crippen LogP contribution in [0.15, 0.2) is 54.6 Å². The number of piperidine rings is 1. The summed E-state index contributed by atoms with van der Waals surface area (Å²) < 4.78 is 5.66. The summed E-state index contributed by atoms with van der Waals surface area (Å²) in [5.74, 6) is 0.860. The number of carbonyl (C=O) groups is 2. The zero-order valence-electron chi connectivity index (χ0n) is 17.4. The van der Waals surface area contributed by atoms with Crippen LogP contribution in [0.1, 0.15) is 31.2 Å². The maximum absolute atomic E-state index is 13.2. The number of amides is 3. The van der Waals surface area contributed by atoms with Crippen molar-refractivity contribution < 1.29 is 14.3 Å². The molecule has 2 aliphatic heterocycles. The average Bonchev–Trinajstić information content (AvgIpc) is 2.82. The SMILES string of the molecule is C[C@H](CNC(=O)[C@H]1CCCN(C(=O)N2CCOc3ccccc32)C1)c1ccccc1. The Morgan fingerprint density at radius 2 is 1.87 bits per heavy atom. The highest BCUT2D eigenvalue weighted by Gasteiger charge is 2.33. The van der Waals surface area contributed by atoms with Crippen molar-refractivity contribution in [3.63, 3.8) is 0 Å². The number of fused-ring (bicyclic) bond motifs is 1. The van der Waals surface area contributed by atoms with Crippen LogP contribution in [0.2, 0.25) is 0 Å². The molecule has 0 radical (unpaired) electrons. The summed E-state index contributed by atoms with van der Waals surface area (Å²) >= 11 is 0. The van der Waals surface area contributed by atoms with Crippen LogP contribution in [0.25, 0.3) is 0 Å². The Morgan fingerprint density at radius 1 is 1.10 bits per heavy atom. The second-order valence-corrected chi connectivity index (χ2v) is 8.09. The van der Waals surface area contributed by atoms with Crippen molar-refractivity contribution in [2.75, 3.05) is 37.7 Å². The molecule has 2 heterocycles. The molecule has 6 heteroatoms. The molecule has 1 saturated heterocycles. The number of hydrogen-bond donors (Lipinski definition) is 1. The number of anilines is 1. The predicted octanol–water partition coefficient (Wildman–Crippen LogP) is 3.64. The van der Waals surface area contributed by atoms with Crippen molar-refractivity contribution in [2.24, 2.45) is 5.92 Å². The Bertz CT molecular complexity index is 886. The molecule has 2 aromatic rings. The third kappa shape index (κ3) is 4.42. The zero-order chi connectivity index (χ0) is 20.9. The first-order valence-corrected chi connectivity index (χ1v) is 10.7. The van der Waals surface area contributed by atoms with E-state index in [9.17, 15) is 9.59 Å². The van der Waals surface area contributed by atoms with Crippen LogP contribution in [0.3, 0.4) is 0 Å². The van der Waals surface area contributed by atoms with Crippen molar-refractivity contribution in [2.45, 2.75) is 25.7 Å². The Labute approximate surface area is 177 Å². The third-order valence-electron chi connectivity index (χ3n) is 5.97. The van der Waals surface area contributed by atoms with E-state index in [1.54, 1.807) is 4.90 Å². The number of para-hydroxylation sites is 2. The Balaban J connectivity index is 1.35. The van der Waals surface area contributed by atoms with Crippen molar-refractivity contribution in [1.29, 1.82) is 0 Å². The third-order valence-corrected chi connectivity index (χ3v) is 5.97. The van der Waals surface area contributed by atoms with Gasteiger partial charge in [-0.3, -0.25) is 9.69 Å². The van der Waals surface area contributed by atoms with Gasteiger partial charge in [-0.1, -0.05) is 49.4 Å². The number of ether oxygens (including phenoxy) is 1. The fourth-order valence-electron chi connectivity index (χ4n) is 4.20. The molecule has 0 saturated carbocycles. The molecular formula is C24H29N3O3. The van der Waals surface area contributed by atoms with Crippen molar-refractivity contribution >= 4 is 17.6 Å². The van der Waals surface area contributed by atoms with Crippen LogP contribution in [0, 0.1) is 5.92 Å². The Kier molecular flexibility index (Phi) is 6.21. The van der Waals surface area contributed by atoms with E-state index in [4.69, 9.17) is 4.74 Å². The van der Waals surface area contributed by atoms with Crippen LogP contribution in [-0.2, 0) is 4.79 Å². The largest absolute Gasteiger partial charge is 0.490 e. The van der Waals surface area contributed by atoms with E-state index in [0.717, 1.165) is 24.3 Å². The number of nitrogens with zero attached hydrogens (tertiary/aromatic N) is 2. The molecule has 2 aromatic carbocycles. The quantitative estimate of drug-likeness (QED) is 0.842. The first-order chi connectivity index (χ1) is 14.6. The van der Waals surface area contributed by atoms with Crippen LogP contribution in [-0.4, -0.2) is 49.6 Å². The van der Waals surface area contributed by atoms with Gasteiger partial charge < -0.3 is 15.0 Å². The Hall–Kier alpha value is -3.02. The highest BCUT2D eigenvalue weighted by molar-refractivity contribution is 5.94. The first-order valence-electron chi connectivity index (χ1n) is 10.7. The summed E-state index contributed by atoms with van der Waals surface area (Å²) in [6, 6.07) is 17.8. The topological polar surface area (TPSA) is 61.9 Å². The fourth-order valence-corrected chi connectivity index (χ4v) is 4.20. The molecule has 3 amide bonds. The summed E-state index contributed by atoms with van der Waals surface area (Å²) in [6.45, 7) is 4.87. The molecule has 0 unspecified atom stereocenters. The highest BCUT2D eigenvalue weighted by atomic mass is 16.5. The lowest BCUT2D eigenvalue weighted by Gasteiger charge is -2.37. The van der Waals surface area contributed by atoms with E-state index >= 15 is 0 Å². The van der Waals surface area contributed by atoms with E-state index in [1.165, 1.54) is 5.56 Å². The average molecular weight is 408 g/mol. The second kappa shape index (κ2) is 9.20. The second-order valence-electron chi connectivity index (χ2n) is 8.09. The van der Waals surface area contributed by atoms with Gasteiger partial charge in [0.2, 0.25) is 5.91 Å². The van der Waals surface area contributed by atoms with E-state index in [1.807, 2.05) is 47.4 Å². The van der Waals surface area contributed by atoms with Gasteiger partial charge in [-0.05, 0) is 36.5 Å². The number of benzene rings is 2. The van der Waals surface area contributed by atoms with Crippen molar-refractivity contribution in [3.8, 4) is 5.75 Å². The summed E-state index contributed by atoms with van der Waals surface area (Å²) in [4.78, 5) is 29.6. The lowest BCUT2D eigenvalue weighted by molar-refractivity contribution is -0.126. The van der Waals surface area contributed by atoms with Gasteiger partial charge in [0.15, 0.2) is 0 Å². The van der Waals surface area contributed by atoms with Crippen LogP contribution >= 0.6 is 0 Å². The standard InChI is InChI=1S/C24H29N3O3/c1-18(19-8-3-2-4-9-19)16-25-23(28)20-10-7-13-26(17-20)24(29)27-14-15-30-22-12-6-5-11-21(22)27/h2-6,8-9,11-12,18,20H,7,10,13-17H2,1H3,(H,25,28)/t18-,20+/m1/s1. The number of carbonyl (C=O) groups excluding carboxylic acids is 2. The number of likely N-dealkylation sites (tertiary alicyclic amines) is 1. The molecule has 30 heavy (non-hydrogen) atoms. The van der Waals surface area contributed by atoms with Gasteiger partial charge in [-0.25, -0.2) is 4.79 Å². The summed E-state index contributed by atoms with van der Waals surface area (Å²) in [7, 11) is 0. The van der Waals surface area contributed by atoms with Gasteiger partial charge in [0.05, 0.1) is 18.2 Å². The summed E-state index contributed by atoms with van der Waals surface area (Å²) in [6.07, 6.45) is 1.65. The van der Waals surface area contributed by atoms with E-state index in [-0.39, 0.29) is 23.8 Å². The molecular weight excluding hydrogens is 378 g/mol. The van der Waals surface area contributed by atoms with Crippen LogP contribution in [0.5, 0.6) is 5.75 Å². The molecule has 0 aliphatic carbocycles. The van der Waals surface area contributed by atoms with E-state index in [0.29, 0.717) is 32.8 Å². The molecule has 2 atom stereocenters. The molecule has 0 spiro atoms. The molecule has 158 valence electrons. The molecule has 6 nitrogen and oxygen atoms in total. The van der Waals surface area contributed by atoms with Crippen LogP contribution < -0.4 is 15.0 Å². The van der Waals surface area contributed by atoms with Crippen molar-refractivity contribution in [3.05, 3.63) is 60.2 Å². The normalized spacial score (nSPS) is 19.4. The van der Waals surface area contributed by atoms with Gasteiger partial charge >= 0.3 is 6.03 Å². The minimum absolute atomic E-state index is 0.0395. The van der Waals surface area contributed by atoms with Gasteiger partial charge in [0, 0.05) is 19.6 Å². The molecule has 1 fully saturated rings. The molecule has 1 N–H and O–H groups in total. The number of rotatable bonds is 4. The predicted molar refractivity (Wildman–Crippen MR) is 117 cm³/mol. The maximum atomic E-state index is 13.2. The minimum Gasteiger partial charge on any atom is -0.490 e. The number of urea groups is 1. The lowest BCUT2D eigenvalue weighted by Crippen LogP contribution is -2.52. The van der Waals surface area contributed by atoms with Gasteiger partial charge in [-0.2, -0.15) is 0 Å². The summed E-state index contributed by atoms with van der Waals surface area (Å²) in [5, 5.41) is 3.09. The van der Waals surface area contributed by atoms with E-state index < -0.39 is 0 Å². The lowest BCUT2D eigenvalue weighted by atomic mass is 9.96. The number of hydrogen-bond acceptors (Lipinski definition) is 3. The van der Waals surface area contributed by atoms with Gasteiger partial charge in [0.25, 0.3) is 0 Å². The monoisotopic (exact) mass is 407 g/mol. The molecule has 0 aromatic heterocycles. The molecule has 2 aliphatic rings. The molecule has 0 bridgehead atoms.